The molecule has 2 N–H and O–H groups in total. The lowest BCUT2D eigenvalue weighted by Crippen LogP contribution is -2.51. The van der Waals surface area contributed by atoms with Crippen LogP contribution in [0.5, 0.6) is 0 Å². The molecule has 0 radical (unpaired) electrons. The first kappa shape index (κ1) is 8.49. The molecule has 0 saturated carbocycles. The highest BCUT2D eigenvalue weighted by molar-refractivity contribution is 5.79. The molecule has 11 heavy (non-hydrogen) atoms. The second kappa shape index (κ2) is 3.69. The molecule has 1 fully saturated rings. The number of rotatable bonds is 3. The zero-order valence-corrected chi connectivity index (χ0v) is 6.89. The Labute approximate surface area is 66.3 Å². The zero-order chi connectivity index (χ0) is 8.27. The van der Waals surface area contributed by atoms with Crippen LogP contribution in [0.4, 0.5) is 0 Å². The van der Waals surface area contributed by atoms with Gasteiger partial charge in [0.05, 0.1) is 6.10 Å². The molecule has 1 heterocycles. The summed E-state index contributed by atoms with van der Waals surface area (Å²) < 4.78 is 5.36. The van der Waals surface area contributed by atoms with Crippen LogP contribution in [0.2, 0.25) is 0 Å². The Hall–Kier alpha value is -0.610. The molecule has 1 rings (SSSR count). The predicted molar refractivity (Wildman–Crippen MR) is 41.3 cm³/mol. The Kier molecular flexibility index (Phi) is 2.84. The summed E-state index contributed by atoms with van der Waals surface area (Å²) in [6.45, 7) is 3.49. The lowest BCUT2D eigenvalue weighted by Gasteiger charge is -2.29. The quantitative estimate of drug-likeness (QED) is 0.560. The van der Waals surface area contributed by atoms with E-state index in [9.17, 15) is 4.79 Å². The van der Waals surface area contributed by atoms with Crippen LogP contribution in [0.25, 0.3) is 0 Å². The largest absolute Gasteiger partial charge is 0.363 e. The number of carbonyl (C=O) groups is 1. The maximum atomic E-state index is 10.9. The Bertz CT molecular complexity index is 145. The number of nitrogens with one attached hydrogen (secondary N) is 2. The number of amides is 1. The van der Waals surface area contributed by atoms with Crippen LogP contribution in [-0.2, 0) is 9.53 Å². The van der Waals surface area contributed by atoms with E-state index in [1.807, 2.05) is 0 Å². The Morgan fingerprint density at radius 1 is 1.73 bits per heavy atom. The van der Waals surface area contributed by atoms with Crippen LogP contribution in [0.3, 0.4) is 0 Å². The van der Waals surface area contributed by atoms with Gasteiger partial charge < -0.3 is 15.4 Å². The maximum Gasteiger partial charge on any atom is 0.248 e. The molecule has 1 atom stereocenters. The van der Waals surface area contributed by atoms with E-state index in [1.54, 1.807) is 14.0 Å². The minimum absolute atomic E-state index is 0.0584. The highest BCUT2D eigenvalue weighted by atomic mass is 16.5. The van der Waals surface area contributed by atoms with E-state index in [4.69, 9.17) is 4.74 Å². The molecule has 1 saturated heterocycles. The average molecular weight is 158 g/mol. The third-order valence-corrected chi connectivity index (χ3v) is 1.76. The van der Waals surface area contributed by atoms with E-state index in [-0.39, 0.29) is 18.1 Å². The van der Waals surface area contributed by atoms with Crippen molar-refractivity contribution in [2.24, 2.45) is 0 Å². The van der Waals surface area contributed by atoms with Gasteiger partial charge >= 0.3 is 0 Å². The summed E-state index contributed by atoms with van der Waals surface area (Å²) >= 11 is 0. The summed E-state index contributed by atoms with van der Waals surface area (Å²) in [4.78, 5) is 10.9. The summed E-state index contributed by atoms with van der Waals surface area (Å²) in [5.41, 5.74) is 0. The summed E-state index contributed by atoms with van der Waals surface area (Å²) in [5.74, 6) is -0.0584. The van der Waals surface area contributed by atoms with Gasteiger partial charge in [0, 0.05) is 20.1 Å². The minimum atomic E-state index is -0.327. The van der Waals surface area contributed by atoms with Gasteiger partial charge in [0.25, 0.3) is 0 Å². The number of hydrogen-bond donors (Lipinski definition) is 2. The fraction of sp³-hybridized carbons (Fsp3) is 0.857. The van der Waals surface area contributed by atoms with Crippen LogP contribution in [0.15, 0.2) is 0 Å². The number of ether oxygens (including phenoxy) is 1. The third-order valence-electron chi connectivity index (χ3n) is 1.76. The first-order valence-corrected chi connectivity index (χ1v) is 3.82. The van der Waals surface area contributed by atoms with Gasteiger partial charge in [-0.15, -0.1) is 0 Å². The van der Waals surface area contributed by atoms with Gasteiger partial charge in [-0.1, -0.05) is 0 Å². The molecular formula is C7H14N2O2. The first-order valence-electron chi connectivity index (χ1n) is 3.82. The highest BCUT2D eigenvalue weighted by Crippen LogP contribution is 2.02. The Morgan fingerprint density at radius 3 is 2.73 bits per heavy atom. The van der Waals surface area contributed by atoms with Crippen LogP contribution in [0.1, 0.15) is 6.92 Å². The molecule has 4 heteroatoms. The van der Waals surface area contributed by atoms with Crippen molar-refractivity contribution in [3.8, 4) is 0 Å². The molecule has 0 aliphatic carbocycles. The third kappa shape index (κ3) is 2.17. The number of hydrogen-bond acceptors (Lipinski definition) is 3. The molecule has 0 aromatic carbocycles. The van der Waals surface area contributed by atoms with E-state index in [1.165, 1.54) is 0 Å². The van der Waals surface area contributed by atoms with Crippen molar-refractivity contribution < 1.29 is 9.53 Å². The van der Waals surface area contributed by atoms with Gasteiger partial charge in [0.2, 0.25) is 5.91 Å². The molecule has 1 aliphatic heterocycles. The van der Waals surface area contributed by atoms with Gasteiger partial charge in [-0.25, -0.2) is 0 Å². The molecular weight excluding hydrogens is 144 g/mol. The normalized spacial score (nSPS) is 20.5. The van der Waals surface area contributed by atoms with Crippen molar-refractivity contribution in [2.45, 2.75) is 19.1 Å². The summed E-state index contributed by atoms with van der Waals surface area (Å²) in [6, 6.07) is 0. The summed E-state index contributed by atoms with van der Waals surface area (Å²) in [5, 5.41) is 5.60. The molecule has 1 unspecified atom stereocenters. The fourth-order valence-electron chi connectivity index (χ4n) is 0.912. The van der Waals surface area contributed by atoms with Gasteiger partial charge in [-0.2, -0.15) is 0 Å². The molecule has 0 spiro atoms. The highest BCUT2D eigenvalue weighted by Gasteiger charge is 2.22. The Morgan fingerprint density at radius 2 is 2.36 bits per heavy atom. The summed E-state index contributed by atoms with van der Waals surface area (Å²) in [6.07, 6.45) is -0.102. The monoisotopic (exact) mass is 158 g/mol. The maximum absolute atomic E-state index is 10.9. The van der Waals surface area contributed by atoms with Crippen LogP contribution in [0, 0.1) is 0 Å². The number of likely N-dealkylation sites (N-methyl/N-ethyl adjacent to an activating group) is 1. The molecule has 1 amide bonds. The van der Waals surface area contributed by atoms with Crippen molar-refractivity contribution in [3.05, 3.63) is 0 Å². The van der Waals surface area contributed by atoms with E-state index >= 15 is 0 Å². The molecule has 4 nitrogen and oxygen atoms in total. The molecule has 0 aromatic rings. The fourth-order valence-corrected chi connectivity index (χ4v) is 0.912. The first-order chi connectivity index (χ1) is 5.24. The smallest absolute Gasteiger partial charge is 0.248 e. The lowest BCUT2D eigenvalue weighted by atomic mass is 10.2. The van der Waals surface area contributed by atoms with Gasteiger partial charge in [-0.05, 0) is 6.92 Å². The minimum Gasteiger partial charge on any atom is -0.363 e. The van der Waals surface area contributed by atoms with Crippen molar-refractivity contribution in [2.75, 3.05) is 20.1 Å². The average Bonchev–Trinajstić information content (AvgIpc) is 1.94. The lowest BCUT2D eigenvalue weighted by molar-refractivity contribution is -0.136. The molecule has 0 bridgehead atoms. The topological polar surface area (TPSA) is 50.4 Å². The number of carbonyl (C=O) groups excluding carboxylic acids is 1. The molecule has 0 aromatic heterocycles. The SMILES string of the molecule is CNC(=O)C(C)OC1CNC1. The molecule has 64 valence electrons. The second-order valence-electron chi connectivity index (χ2n) is 2.67. The van der Waals surface area contributed by atoms with E-state index in [0.717, 1.165) is 13.1 Å². The second-order valence-corrected chi connectivity index (χ2v) is 2.67. The standard InChI is InChI=1S/C7H14N2O2/c1-5(7(10)8-2)11-6-3-9-4-6/h5-6,9H,3-4H2,1-2H3,(H,8,10). The van der Waals surface area contributed by atoms with Crippen LogP contribution >= 0.6 is 0 Å². The van der Waals surface area contributed by atoms with Crippen molar-refractivity contribution >= 4 is 5.91 Å². The van der Waals surface area contributed by atoms with Gasteiger partial charge in [0.1, 0.15) is 6.10 Å². The van der Waals surface area contributed by atoms with E-state index in [0.29, 0.717) is 0 Å². The Balaban J connectivity index is 2.18. The van der Waals surface area contributed by atoms with E-state index in [2.05, 4.69) is 10.6 Å². The van der Waals surface area contributed by atoms with Crippen LogP contribution in [-0.4, -0.2) is 38.3 Å². The van der Waals surface area contributed by atoms with Crippen molar-refractivity contribution in [3.63, 3.8) is 0 Å². The zero-order valence-electron chi connectivity index (χ0n) is 6.89. The predicted octanol–water partition coefficient (Wildman–Crippen LogP) is -0.891. The summed E-state index contributed by atoms with van der Waals surface area (Å²) in [7, 11) is 1.61. The van der Waals surface area contributed by atoms with Crippen LogP contribution < -0.4 is 10.6 Å². The molecule has 1 aliphatic rings. The van der Waals surface area contributed by atoms with Crippen molar-refractivity contribution in [1.82, 2.24) is 10.6 Å². The van der Waals surface area contributed by atoms with E-state index < -0.39 is 0 Å². The van der Waals surface area contributed by atoms with Crippen molar-refractivity contribution in [1.29, 1.82) is 0 Å². The van der Waals surface area contributed by atoms with Gasteiger partial charge in [0.15, 0.2) is 0 Å². The van der Waals surface area contributed by atoms with Gasteiger partial charge in [-0.3, -0.25) is 4.79 Å².